The third kappa shape index (κ3) is 7.04. The van der Waals surface area contributed by atoms with Crippen molar-refractivity contribution in [2.45, 2.75) is 20.4 Å². The third-order valence-corrected chi connectivity index (χ3v) is 3.56. The van der Waals surface area contributed by atoms with Crippen LogP contribution in [0.2, 0.25) is 0 Å². The smallest absolute Gasteiger partial charge is 0.241 e. The Morgan fingerprint density at radius 1 is 1.33 bits per heavy atom. The molecule has 0 radical (unpaired) electrons. The summed E-state index contributed by atoms with van der Waals surface area (Å²) in [6.07, 6.45) is 0. The zero-order valence-corrected chi connectivity index (χ0v) is 17.7. The molecule has 138 valence electrons. The van der Waals surface area contributed by atoms with Gasteiger partial charge in [-0.1, -0.05) is 0 Å². The number of ether oxygens (including phenoxy) is 1. The highest BCUT2D eigenvalue weighted by Crippen LogP contribution is 2.12. The van der Waals surface area contributed by atoms with Crippen LogP contribution in [-0.4, -0.2) is 67.4 Å². The minimum atomic E-state index is -0.0139. The van der Waals surface area contributed by atoms with E-state index < -0.39 is 0 Å². The molecule has 0 saturated carbocycles. The number of likely N-dealkylation sites (N-methyl/N-ethyl adjacent to an activating group) is 1. The van der Waals surface area contributed by atoms with Crippen LogP contribution in [0.25, 0.3) is 0 Å². The van der Waals surface area contributed by atoms with Crippen molar-refractivity contribution in [1.29, 1.82) is 0 Å². The molecule has 9 heteroatoms. The number of aryl methyl sites for hydroxylation is 2. The molecule has 1 heterocycles. The summed E-state index contributed by atoms with van der Waals surface area (Å²) >= 11 is 0. The third-order valence-electron chi connectivity index (χ3n) is 3.56. The molecule has 0 spiro atoms. The Kier molecular flexibility index (Phi) is 10.6. The van der Waals surface area contributed by atoms with E-state index in [0.717, 1.165) is 17.0 Å². The van der Waals surface area contributed by atoms with Gasteiger partial charge in [0.05, 0.1) is 25.4 Å². The molecule has 0 aliphatic heterocycles. The normalized spacial score (nSPS) is 11.0. The SMILES string of the molecule is COCCNC(=NCc1c(C)nn(C)c1C)NCC(=O)N(C)C.I. The average molecular weight is 452 g/mol. The van der Waals surface area contributed by atoms with Crippen molar-refractivity contribution in [2.75, 3.05) is 40.9 Å². The summed E-state index contributed by atoms with van der Waals surface area (Å²) in [7, 11) is 7.01. The van der Waals surface area contributed by atoms with Gasteiger partial charge in [0.1, 0.15) is 0 Å². The van der Waals surface area contributed by atoms with Gasteiger partial charge in [0.15, 0.2) is 5.96 Å². The number of amides is 1. The molecular formula is C15H29IN6O2. The maximum Gasteiger partial charge on any atom is 0.241 e. The van der Waals surface area contributed by atoms with Crippen LogP contribution in [0.4, 0.5) is 0 Å². The molecule has 8 nitrogen and oxygen atoms in total. The molecule has 0 fully saturated rings. The number of hydrogen-bond acceptors (Lipinski definition) is 4. The highest BCUT2D eigenvalue weighted by molar-refractivity contribution is 14.0. The quantitative estimate of drug-likeness (QED) is 0.271. The number of nitrogens with zero attached hydrogens (tertiary/aromatic N) is 4. The number of hydrogen-bond donors (Lipinski definition) is 2. The van der Waals surface area contributed by atoms with E-state index in [2.05, 4.69) is 20.7 Å². The fraction of sp³-hybridized carbons (Fsp3) is 0.667. The van der Waals surface area contributed by atoms with Gasteiger partial charge in [0, 0.05) is 46.1 Å². The first-order chi connectivity index (χ1) is 10.9. The Morgan fingerprint density at radius 3 is 2.50 bits per heavy atom. The molecule has 24 heavy (non-hydrogen) atoms. The molecule has 2 N–H and O–H groups in total. The molecule has 1 aromatic rings. The predicted molar refractivity (Wildman–Crippen MR) is 106 cm³/mol. The van der Waals surface area contributed by atoms with Crippen LogP contribution in [-0.2, 0) is 23.1 Å². The Labute approximate surface area is 161 Å². The van der Waals surface area contributed by atoms with Crippen LogP contribution >= 0.6 is 24.0 Å². The minimum Gasteiger partial charge on any atom is -0.383 e. The van der Waals surface area contributed by atoms with Crippen LogP contribution in [0.1, 0.15) is 17.0 Å². The number of aliphatic imine (C=N–C) groups is 1. The summed E-state index contributed by atoms with van der Waals surface area (Å²) in [5.74, 6) is 0.569. The lowest BCUT2D eigenvalue weighted by molar-refractivity contribution is -0.127. The summed E-state index contributed by atoms with van der Waals surface area (Å²) in [5, 5.41) is 10.6. The number of halogens is 1. The Balaban J connectivity index is 0.00000529. The van der Waals surface area contributed by atoms with Gasteiger partial charge < -0.3 is 20.3 Å². The first kappa shape index (κ1) is 22.6. The van der Waals surface area contributed by atoms with Crippen LogP contribution in [0.15, 0.2) is 4.99 Å². The minimum absolute atomic E-state index is 0. The summed E-state index contributed by atoms with van der Waals surface area (Å²) in [6, 6.07) is 0. The van der Waals surface area contributed by atoms with Gasteiger partial charge in [0.2, 0.25) is 5.91 Å². The molecule has 1 amide bonds. The second-order valence-electron chi connectivity index (χ2n) is 5.50. The zero-order chi connectivity index (χ0) is 17.4. The largest absolute Gasteiger partial charge is 0.383 e. The lowest BCUT2D eigenvalue weighted by Crippen LogP contribution is -2.43. The van der Waals surface area contributed by atoms with E-state index in [9.17, 15) is 4.79 Å². The maximum absolute atomic E-state index is 11.7. The number of carbonyl (C=O) groups excluding carboxylic acids is 1. The Hall–Kier alpha value is -1.36. The second kappa shape index (κ2) is 11.2. The van der Waals surface area contributed by atoms with Gasteiger partial charge in [-0.3, -0.25) is 9.48 Å². The summed E-state index contributed by atoms with van der Waals surface area (Å²) in [4.78, 5) is 17.8. The van der Waals surface area contributed by atoms with Gasteiger partial charge in [-0.15, -0.1) is 24.0 Å². The number of guanidine groups is 1. The molecule has 0 saturated heterocycles. The van der Waals surface area contributed by atoms with Crippen molar-refractivity contribution in [3.8, 4) is 0 Å². The van der Waals surface area contributed by atoms with E-state index in [-0.39, 0.29) is 36.4 Å². The lowest BCUT2D eigenvalue weighted by Gasteiger charge is -2.14. The topological polar surface area (TPSA) is 83.8 Å². The van der Waals surface area contributed by atoms with Crippen molar-refractivity contribution in [3.05, 3.63) is 17.0 Å². The van der Waals surface area contributed by atoms with Crippen molar-refractivity contribution < 1.29 is 9.53 Å². The van der Waals surface area contributed by atoms with Gasteiger partial charge >= 0.3 is 0 Å². The van der Waals surface area contributed by atoms with E-state index >= 15 is 0 Å². The number of carbonyl (C=O) groups is 1. The van der Waals surface area contributed by atoms with E-state index in [1.54, 1.807) is 21.2 Å². The number of methoxy groups -OCH3 is 1. The highest BCUT2D eigenvalue weighted by Gasteiger charge is 2.10. The van der Waals surface area contributed by atoms with Gasteiger partial charge in [-0.2, -0.15) is 5.10 Å². The van der Waals surface area contributed by atoms with E-state index in [0.29, 0.717) is 25.7 Å². The van der Waals surface area contributed by atoms with Crippen LogP contribution in [0.5, 0.6) is 0 Å². The maximum atomic E-state index is 11.7. The highest BCUT2D eigenvalue weighted by atomic mass is 127. The van der Waals surface area contributed by atoms with Gasteiger partial charge in [0.25, 0.3) is 0 Å². The van der Waals surface area contributed by atoms with E-state index in [4.69, 9.17) is 4.74 Å². The molecule has 0 atom stereocenters. The molecule has 0 bridgehead atoms. The van der Waals surface area contributed by atoms with E-state index in [1.165, 1.54) is 4.90 Å². The number of nitrogens with one attached hydrogen (secondary N) is 2. The first-order valence-corrected chi connectivity index (χ1v) is 7.57. The molecule has 0 aliphatic rings. The van der Waals surface area contributed by atoms with Crippen LogP contribution in [0.3, 0.4) is 0 Å². The monoisotopic (exact) mass is 452 g/mol. The standard InChI is InChI=1S/C15H28N6O2.HI/c1-11-13(12(2)21(5)19-11)9-17-15(16-7-8-23-6)18-10-14(22)20(3)4;/h7-10H2,1-6H3,(H2,16,17,18);1H. The first-order valence-electron chi connectivity index (χ1n) is 7.57. The second-order valence-corrected chi connectivity index (χ2v) is 5.50. The van der Waals surface area contributed by atoms with Crippen molar-refractivity contribution >= 4 is 35.8 Å². The summed E-state index contributed by atoms with van der Waals surface area (Å²) in [5.41, 5.74) is 3.15. The average Bonchev–Trinajstić information content (AvgIpc) is 2.74. The zero-order valence-electron chi connectivity index (χ0n) is 15.3. The summed E-state index contributed by atoms with van der Waals surface area (Å²) in [6.45, 7) is 5.86. The number of rotatable bonds is 7. The van der Waals surface area contributed by atoms with Crippen molar-refractivity contribution in [1.82, 2.24) is 25.3 Å². The van der Waals surface area contributed by atoms with Gasteiger partial charge in [-0.05, 0) is 13.8 Å². The fourth-order valence-corrected chi connectivity index (χ4v) is 1.97. The lowest BCUT2D eigenvalue weighted by atomic mass is 10.2. The molecular weight excluding hydrogens is 423 g/mol. The molecule has 0 aliphatic carbocycles. The molecule has 0 unspecified atom stereocenters. The molecule has 0 aromatic carbocycles. The summed E-state index contributed by atoms with van der Waals surface area (Å²) < 4.78 is 6.88. The van der Waals surface area contributed by atoms with Gasteiger partial charge in [-0.25, -0.2) is 4.99 Å². The van der Waals surface area contributed by atoms with Crippen LogP contribution < -0.4 is 10.6 Å². The Morgan fingerprint density at radius 2 is 2.00 bits per heavy atom. The van der Waals surface area contributed by atoms with Crippen molar-refractivity contribution in [2.24, 2.45) is 12.0 Å². The fourth-order valence-electron chi connectivity index (χ4n) is 1.97. The molecule has 1 aromatic heterocycles. The van der Waals surface area contributed by atoms with Crippen LogP contribution in [0, 0.1) is 13.8 Å². The Bertz CT molecular complexity index is 556. The van der Waals surface area contributed by atoms with Crippen molar-refractivity contribution in [3.63, 3.8) is 0 Å². The van der Waals surface area contributed by atoms with E-state index in [1.807, 2.05) is 25.6 Å². The number of aromatic nitrogens is 2. The predicted octanol–water partition coefficient (Wildman–Crippen LogP) is 0.425. The molecule has 1 rings (SSSR count).